The minimum absolute atomic E-state index is 0.224. The highest BCUT2D eigenvalue weighted by molar-refractivity contribution is 8.18. The van der Waals surface area contributed by atoms with Crippen LogP contribution >= 0.6 is 11.8 Å². The monoisotopic (exact) mass is 472 g/mol. The van der Waals surface area contributed by atoms with Crippen LogP contribution in [0.15, 0.2) is 65.6 Å². The van der Waals surface area contributed by atoms with Gasteiger partial charge in [0.25, 0.3) is 11.1 Å². The fourth-order valence-electron chi connectivity index (χ4n) is 4.42. The van der Waals surface area contributed by atoms with Gasteiger partial charge in [-0.1, -0.05) is 54.6 Å². The molecule has 0 radical (unpaired) electrons. The molecule has 34 heavy (non-hydrogen) atoms. The van der Waals surface area contributed by atoms with Crippen LogP contribution in [0.2, 0.25) is 0 Å². The lowest BCUT2D eigenvalue weighted by Gasteiger charge is -2.29. The van der Waals surface area contributed by atoms with Gasteiger partial charge < -0.3 is 9.64 Å². The Kier molecular flexibility index (Phi) is 6.11. The number of benzene rings is 3. The SMILES string of the molecule is CCOc1ccc2ccccc2c1/C=C1/SC(=O)N(CC(=O)N2CCc3ccccc3C2)C1=O. The standard InChI is InChI=1S/C27H24N2O4S/c1-2-33-23-12-11-19-8-5-6-10-21(19)22(23)15-24-26(31)29(27(32)34-24)17-25(30)28-14-13-18-7-3-4-9-20(18)16-28/h3-12,15H,2,13-14,16-17H2,1H3/b24-15+. The van der Waals surface area contributed by atoms with Gasteiger partial charge in [-0.2, -0.15) is 0 Å². The molecule has 5 rings (SSSR count). The average molecular weight is 473 g/mol. The Morgan fingerprint density at radius 2 is 1.79 bits per heavy atom. The lowest BCUT2D eigenvalue weighted by molar-refractivity contribution is -0.136. The summed E-state index contributed by atoms with van der Waals surface area (Å²) in [6.07, 6.45) is 2.48. The highest BCUT2D eigenvalue weighted by atomic mass is 32.2. The molecule has 0 N–H and O–H groups in total. The summed E-state index contributed by atoms with van der Waals surface area (Å²) in [6.45, 7) is 3.20. The van der Waals surface area contributed by atoms with Crippen LogP contribution in [0, 0.1) is 0 Å². The summed E-state index contributed by atoms with van der Waals surface area (Å²) in [7, 11) is 0. The number of fused-ring (bicyclic) bond motifs is 2. The lowest BCUT2D eigenvalue weighted by Crippen LogP contribution is -2.44. The zero-order valence-corrected chi connectivity index (χ0v) is 19.6. The minimum Gasteiger partial charge on any atom is -0.493 e. The zero-order valence-electron chi connectivity index (χ0n) is 18.8. The van der Waals surface area contributed by atoms with Crippen molar-refractivity contribution in [2.45, 2.75) is 19.9 Å². The number of thioether (sulfide) groups is 1. The number of hydrogen-bond acceptors (Lipinski definition) is 5. The van der Waals surface area contributed by atoms with Gasteiger partial charge in [-0.05, 0) is 59.1 Å². The normalized spacial score (nSPS) is 16.9. The van der Waals surface area contributed by atoms with Crippen LogP contribution in [0.4, 0.5) is 4.79 Å². The van der Waals surface area contributed by atoms with Gasteiger partial charge in [-0.15, -0.1) is 0 Å². The van der Waals surface area contributed by atoms with E-state index in [0.717, 1.165) is 45.0 Å². The highest BCUT2D eigenvalue weighted by Gasteiger charge is 2.37. The van der Waals surface area contributed by atoms with Gasteiger partial charge in [0.05, 0.1) is 11.5 Å². The Morgan fingerprint density at radius 1 is 1.03 bits per heavy atom. The highest BCUT2D eigenvalue weighted by Crippen LogP contribution is 2.37. The van der Waals surface area contributed by atoms with Crippen LogP contribution < -0.4 is 4.74 Å². The van der Waals surface area contributed by atoms with Crippen LogP contribution in [-0.2, 0) is 22.6 Å². The molecule has 0 bridgehead atoms. The third kappa shape index (κ3) is 4.19. The maximum Gasteiger partial charge on any atom is 0.294 e. The third-order valence-corrected chi connectivity index (χ3v) is 7.06. The number of rotatable bonds is 5. The van der Waals surface area contributed by atoms with E-state index in [1.165, 1.54) is 5.56 Å². The molecule has 0 aromatic heterocycles. The van der Waals surface area contributed by atoms with Gasteiger partial charge in [-0.3, -0.25) is 19.3 Å². The van der Waals surface area contributed by atoms with E-state index in [1.54, 1.807) is 11.0 Å². The van der Waals surface area contributed by atoms with E-state index in [0.29, 0.717) is 30.4 Å². The molecule has 2 heterocycles. The summed E-state index contributed by atoms with van der Waals surface area (Å²) in [6, 6.07) is 19.7. The molecule has 7 heteroatoms. The van der Waals surface area contributed by atoms with Crippen molar-refractivity contribution in [2.24, 2.45) is 0 Å². The van der Waals surface area contributed by atoms with Gasteiger partial charge >= 0.3 is 0 Å². The van der Waals surface area contributed by atoms with Crippen molar-refractivity contribution in [1.29, 1.82) is 0 Å². The fraction of sp³-hybridized carbons (Fsp3) is 0.222. The molecule has 0 spiro atoms. The van der Waals surface area contributed by atoms with Gasteiger partial charge in [-0.25, -0.2) is 0 Å². The first-order chi connectivity index (χ1) is 16.5. The van der Waals surface area contributed by atoms with E-state index in [1.807, 2.05) is 61.5 Å². The Morgan fingerprint density at radius 3 is 2.62 bits per heavy atom. The predicted molar refractivity (Wildman–Crippen MR) is 133 cm³/mol. The van der Waals surface area contributed by atoms with Gasteiger partial charge in [0, 0.05) is 18.7 Å². The van der Waals surface area contributed by atoms with Crippen molar-refractivity contribution in [3.05, 3.63) is 82.3 Å². The van der Waals surface area contributed by atoms with E-state index in [9.17, 15) is 14.4 Å². The predicted octanol–water partition coefficient (Wildman–Crippen LogP) is 4.86. The van der Waals surface area contributed by atoms with Crippen LogP contribution in [0.3, 0.4) is 0 Å². The van der Waals surface area contributed by atoms with E-state index in [4.69, 9.17) is 4.74 Å². The lowest BCUT2D eigenvalue weighted by atomic mass is 10.00. The number of amides is 3. The molecule has 3 amide bonds. The van der Waals surface area contributed by atoms with Crippen molar-refractivity contribution in [3.8, 4) is 5.75 Å². The molecule has 0 unspecified atom stereocenters. The molecular weight excluding hydrogens is 448 g/mol. The van der Waals surface area contributed by atoms with E-state index < -0.39 is 11.1 Å². The second-order valence-corrected chi connectivity index (χ2v) is 9.23. The minimum atomic E-state index is -0.448. The summed E-state index contributed by atoms with van der Waals surface area (Å²) in [5.41, 5.74) is 3.10. The summed E-state index contributed by atoms with van der Waals surface area (Å²) in [5.74, 6) is -0.0228. The van der Waals surface area contributed by atoms with E-state index in [2.05, 4.69) is 6.07 Å². The number of hydrogen-bond donors (Lipinski definition) is 0. The van der Waals surface area contributed by atoms with Crippen LogP contribution in [0.25, 0.3) is 16.8 Å². The van der Waals surface area contributed by atoms with Crippen LogP contribution in [-0.4, -0.2) is 46.5 Å². The quantitative estimate of drug-likeness (QED) is 0.496. The molecule has 1 saturated heterocycles. The van der Waals surface area contributed by atoms with Gasteiger partial charge in [0.15, 0.2) is 0 Å². The molecule has 172 valence electrons. The maximum atomic E-state index is 13.1. The second-order valence-electron chi connectivity index (χ2n) is 8.23. The van der Waals surface area contributed by atoms with Gasteiger partial charge in [0.2, 0.25) is 5.91 Å². The molecular formula is C27H24N2O4S. The molecule has 0 saturated carbocycles. The summed E-state index contributed by atoms with van der Waals surface area (Å²) in [5, 5.41) is 1.51. The smallest absolute Gasteiger partial charge is 0.294 e. The van der Waals surface area contributed by atoms with Crippen molar-refractivity contribution < 1.29 is 19.1 Å². The summed E-state index contributed by atoms with van der Waals surface area (Å²) in [4.78, 5) is 41.9. The first-order valence-corrected chi connectivity index (χ1v) is 12.1. The third-order valence-electron chi connectivity index (χ3n) is 6.16. The number of carbonyl (C=O) groups is 3. The molecule has 6 nitrogen and oxygen atoms in total. The molecule has 2 aliphatic heterocycles. The molecule has 2 aliphatic rings. The van der Waals surface area contributed by atoms with Crippen molar-refractivity contribution in [2.75, 3.05) is 19.7 Å². The number of imide groups is 1. The van der Waals surface area contributed by atoms with Crippen LogP contribution in [0.5, 0.6) is 5.75 Å². The van der Waals surface area contributed by atoms with Crippen molar-refractivity contribution in [3.63, 3.8) is 0 Å². The molecule has 0 aliphatic carbocycles. The van der Waals surface area contributed by atoms with E-state index in [-0.39, 0.29) is 12.5 Å². The zero-order chi connectivity index (χ0) is 23.7. The first-order valence-electron chi connectivity index (χ1n) is 11.3. The number of carbonyl (C=O) groups excluding carboxylic acids is 3. The van der Waals surface area contributed by atoms with Crippen molar-refractivity contribution >= 4 is 45.7 Å². The molecule has 3 aromatic carbocycles. The molecule has 3 aromatic rings. The Balaban J connectivity index is 1.38. The molecule has 0 atom stereocenters. The maximum absolute atomic E-state index is 13.1. The first kappa shape index (κ1) is 22.2. The van der Waals surface area contributed by atoms with E-state index >= 15 is 0 Å². The number of ether oxygens (including phenoxy) is 1. The van der Waals surface area contributed by atoms with Crippen molar-refractivity contribution in [1.82, 2.24) is 9.80 Å². The molecule has 1 fully saturated rings. The topological polar surface area (TPSA) is 66.9 Å². The second kappa shape index (κ2) is 9.35. The average Bonchev–Trinajstić information content (AvgIpc) is 3.12. The Bertz CT molecular complexity index is 1330. The number of nitrogens with zero attached hydrogens (tertiary/aromatic N) is 2. The van der Waals surface area contributed by atoms with Crippen LogP contribution in [0.1, 0.15) is 23.6 Å². The van der Waals surface area contributed by atoms with Gasteiger partial charge in [0.1, 0.15) is 12.3 Å². The largest absolute Gasteiger partial charge is 0.493 e. The Hall–Kier alpha value is -3.58. The fourth-order valence-corrected chi connectivity index (χ4v) is 5.24. The summed E-state index contributed by atoms with van der Waals surface area (Å²) < 4.78 is 5.79. The summed E-state index contributed by atoms with van der Waals surface area (Å²) >= 11 is 0.861. The Labute approximate surface area is 202 Å².